The molecule has 2 saturated carbocycles. The molecule has 30 heavy (non-hydrogen) atoms. The minimum Gasteiger partial charge on any atom is -0.384 e. The molecule has 3 heteroatoms. The van der Waals surface area contributed by atoms with Gasteiger partial charge in [-0.3, -0.25) is 0 Å². The highest BCUT2D eigenvalue weighted by Crippen LogP contribution is 2.52. The normalized spacial score (nSPS) is 38.2. The molecular formula is C27H44OS2. The first-order valence-corrected chi connectivity index (χ1v) is 14.7. The second kappa shape index (κ2) is 10.9. The van der Waals surface area contributed by atoms with Gasteiger partial charge in [0.1, 0.15) is 0 Å². The minimum atomic E-state index is 0.700. The van der Waals surface area contributed by atoms with Crippen LogP contribution in [0, 0.1) is 35.5 Å². The van der Waals surface area contributed by atoms with Crippen LogP contribution in [0.25, 0.3) is 0 Å². The highest BCUT2D eigenvalue weighted by molar-refractivity contribution is 8.03. The zero-order chi connectivity index (χ0) is 21.1. The summed E-state index contributed by atoms with van der Waals surface area (Å²) in [5, 5.41) is 1.80. The zero-order valence-corrected chi connectivity index (χ0v) is 21.5. The summed E-state index contributed by atoms with van der Waals surface area (Å²) < 4.78 is 5.58. The molecule has 0 aromatic rings. The summed E-state index contributed by atoms with van der Waals surface area (Å²) in [6.45, 7) is 8.09. The topological polar surface area (TPSA) is 9.23 Å². The van der Waals surface area contributed by atoms with Gasteiger partial charge in [-0.15, -0.1) is 17.5 Å². The molecule has 0 radical (unpaired) electrons. The lowest BCUT2D eigenvalue weighted by atomic mass is 9.70. The first-order valence-electron chi connectivity index (χ1n) is 12.8. The Balaban J connectivity index is 1.42. The van der Waals surface area contributed by atoms with Gasteiger partial charge < -0.3 is 4.74 Å². The van der Waals surface area contributed by atoms with Gasteiger partial charge >= 0.3 is 0 Å². The summed E-state index contributed by atoms with van der Waals surface area (Å²) in [6.07, 6.45) is 14.3. The number of hydrogen-bond donors (Lipinski definition) is 0. The summed E-state index contributed by atoms with van der Waals surface area (Å²) >= 11 is 4.53. The van der Waals surface area contributed by atoms with Crippen molar-refractivity contribution in [3.05, 3.63) is 16.2 Å². The number of ether oxygens (including phenoxy) is 1. The van der Waals surface area contributed by atoms with Crippen LogP contribution in [0.2, 0.25) is 0 Å². The standard InChI is InChI=1S/C27H44OS2/c1-18(2)23(17-28-4)16-22-7-5-8-25-27(22)19(3)15-26(30-25)21-12-10-20(11-13-21)24-9-6-14-29-24/h18,20-25,27H,5-14,16-17H2,1-4H3. The maximum Gasteiger partial charge on any atom is 0.0493 e. The fourth-order valence-electron chi connectivity index (χ4n) is 6.80. The van der Waals surface area contributed by atoms with Crippen LogP contribution < -0.4 is 0 Å². The van der Waals surface area contributed by atoms with Crippen LogP contribution in [-0.2, 0) is 4.74 Å². The zero-order valence-electron chi connectivity index (χ0n) is 19.8. The van der Waals surface area contributed by atoms with Crippen molar-refractivity contribution in [3.63, 3.8) is 0 Å². The summed E-state index contributed by atoms with van der Waals surface area (Å²) in [5.41, 5.74) is 5.58. The molecule has 1 saturated heterocycles. The maximum absolute atomic E-state index is 5.58. The second-order valence-corrected chi connectivity index (χ2v) is 13.5. The van der Waals surface area contributed by atoms with Gasteiger partial charge in [-0.05, 0) is 106 Å². The van der Waals surface area contributed by atoms with Crippen LogP contribution in [0.5, 0.6) is 0 Å². The Morgan fingerprint density at radius 3 is 2.43 bits per heavy atom. The summed E-state index contributed by atoms with van der Waals surface area (Å²) in [7, 11) is 1.87. The lowest BCUT2D eigenvalue weighted by molar-refractivity contribution is 0.0983. The van der Waals surface area contributed by atoms with Crippen molar-refractivity contribution in [1.82, 2.24) is 0 Å². The third-order valence-electron chi connectivity index (χ3n) is 8.63. The number of allylic oxidation sites excluding steroid dienone is 1. The molecule has 0 amide bonds. The Morgan fingerprint density at radius 1 is 1.00 bits per heavy atom. The summed E-state index contributed by atoms with van der Waals surface area (Å²) in [6, 6.07) is 0. The fourth-order valence-corrected chi connectivity index (χ4v) is 10.2. The quantitative estimate of drug-likeness (QED) is 0.366. The fraction of sp³-hybridized carbons (Fsp3) is 0.889. The van der Waals surface area contributed by atoms with E-state index in [-0.39, 0.29) is 0 Å². The Bertz CT molecular complexity index is 621. The largest absolute Gasteiger partial charge is 0.384 e. The molecule has 0 spiro atoms. The van der Waals surface area contributed by atoms with E-state index in [9.17, 15) is 0 Å². The third-order valence-corrected chi connectivity index (χ3v) is 11.7. The molecule has 2 aliphatic heterocycles. The smallest absolute Gasteiger partial charge is 0.0493 e. The third kappa shape index (κ3) is 5.38. The van der Waals surface area contributed by atoms with E-state index >= 15 is 0 Å². The van der Waals surface area contributed by atoms with Crippen molar-refractivity contribution >= 4 is 23.5 Å². The van der Waals surface area contributed by atoms with Crippen LogP contribution in [-0.4, -0.2) is 30.0 Å². The predicted octanol–water partition coefficient (Wildman–Crippen LogP) is 7.96. The van der Waals surface area contributed by atoms with E-state index in [0.717, 1.165) is 40.8 Å². The number of fused-ring (bicyclic) bond motifs is 1. The lowest BCUT2D eigenvalue weighted by Gasteiger charge is -2.43. The van der Waals surface area contributed by atoms with Crippen molar-refractivity contribution in [3.8, 4) is 0 Å². The van der Waals surface area contributed by atoms with Crippen molar-refractivity contribution in [1.29, 1.82) is 0 Å². The van der Waals surface area contributed by atoms with Gasteiger partial charge in [0.2, 0.25) is 0 Å². The first-order chi connectivity index (χ1) is 14.6. The van der Waals surface area contributed by atoms with E-state index in [1.165, 1.54) is 70.0 Å². The SMILES string of the molecule is COCC(CC1CCCC2SC(C3CCC(C4CCCS4)CC3)=C=C(C)C12)C(C)C. The van der Waals surface area contributed by atoms with Crippen LogP contribution in [0.1, 0.15) is 85.0 Å². The average Bonchev–Trinajstić information content (AvgIpc) is 3.28. The first kappa shape index (κ1) is 23.3. The van der Waals surface area contributed by atoms with E-state index in [4.69, 9.17) is 4.74 Å². The molecule has 0 bridgehead atoms. The Hall–Kier alpha value is 0.180. The van der Waals surface area contributed by atoms with E-state index < -0.39 is 0 Å². The second-order valence-electron chi connectivity index (χ2n) is 10.9. The summed E-state index contributed by atoms with van der Waals surface area (Å²) in [4.78, 5) is 1.64. The molecule has 170 valence electrons. The van der Waals surface area contributed by atoms with Crippen LogP contribution in [0.4, 0.5) is 0 Å². The van der Waals surface area contributed by atoms with Crippen molar-refractivity contribution < 1.29 is 4.74 Å². The molecule has 5 unspecified atom stereocenters. The van der Waals surface area contributed by atoms with Crippen LogP contribution >= 0.6 is 23.5 Å². The monoisotopic (exact) mass is 448 g/mol. The molecule has 0 aromatic carbocycles. The molecule has 4 rings (SSSR count). The van der Waals surface area contributed by atoms with Gasteiger partial charge in [0.15, 0.2) is 0 Å². The predicted molar refractivity (Wildman–Crippen MR) is 134 cm³/mol. The molecule has 0 N–H and O–H groups in total. The van der Waals surface area contributed by atoms with Gasteiger partial charge in [-0.1, -0.05) is 20.3 Å². The Kier molecular flexibility index (Phi) is 8.45. The van der Waals surface area contributed by atoms with Gasteiger partial charge in [0, 0.05) is 35.0 Å². The van der Waals surface area contributed by atoms with E-state index in [1.54, 1.807) is 10.5 Å². The highest BCUT2D eigenvalue weighted by Gasteiger charge is 2.40. The van der Waals surface area contributed by atoms with E-state index in [2.05, 4.69) is 50.0 Å². The van der Waals surface area contributed by atoms with Gasteiger partial charge in [0.05, 0.1) is 0 Å². The Labute approximate surface area is 194 Å². The van der Waals surface area contributed by atoms with Crippen LogP contribution in [0.3, 0.4) is 0 Å². The number of rotatable bonds is 7. The van der Waals surface area contributed by atoms with Gasteiger partial charge in [-0.2, -0.15) is 11.8 Å². The van der Waals surface area contributed by atoms with Crippen molar-refractivity contribution in [2.75, 3.05) is 19.5 Å². The summed E-state index contributed by atoms with van der Waals surface area (Å²) in [5.74, 6) is 6.25. The molecule has 2 aliphatic carbocycles. The van der Waals surface area contributed by atoms with E-state index in [1.807, 2.05) is 7.11 Å². The minimum absolute atomic E-state index is 0.700. The molecule has 5 atom stereocenters. The van der Waals surface area contributed by atoms with Crippen molar-refractivity contribution in [2.24, 2.45) is 35.5 Å². The number of methoxy groups -OCH3 is 1. The highest BCUT2D eigenvalue weighted by atomic mass is 32.2. The number of thioether (sulfide) groups is 2. The Morgan fingerprint density at radius 2 is 1.77 bits per heavy atom. The lowest BCUT2D eigenvalue weighted by Crippen LogP contribution is -2.35. The molecule has 4 aliphatic rings. The molecule has 0 aromatic heterocycles. The van der Waals surface area contributed by atoms with E-state index in [0.29, 0.717) is 11.8 Å². The molecule has 3 fully saturated rings. The van der Waals surface area contributed by atoms with Gasteiger partial charge in [0.25, 0.3) is 0 Å². The van der Waals surface area contributed by atoms with Crippen molar-refractivity contribution in [2.45, 2.75) is 95.5 Å². The average molecular weight is 449 g/mol. The number of hydrogen-bond acceptors (Lipinski definition) is 3. The van der Waals surface area contributed by atoms with Crippen LogP contribution in [0.15, 0.2) is 16.2 Å². The molecular weight excluding hydrogens is 404 g/mol. The van der Waals surface area contributed by atoms with Gasteiger partial charge in [-0.25, -0.2) is 0 Å². The maximum atomic E-state index is 5.58. The molecule has 2 heterocycles. The molecule has 1 nitrogen and oxygen atoms in total.